The smallest absolute Gasteiger partial charge is 0.242 e. The summed E-state index contributed by atoms with van der Waals surface area (Å²) >= 11 is 11.7. The third-order valence-electron chi connectivity index (χ3n) is 3.19. The van der Waals surface area contributed by atoms with Gasteiger partial charge in [0, 0.05) is 11.6 Å². The first-order valence-corrected chi connectivity index (χ1v) is 8.38. The van der Waals surface area contributed by atoms with Crippen molar-refractivity contribution in [1.82, 2.24) is 10.0 Å². The number of sulfonamides is 1. The second-order valence-corrected chi connectivity index (χ2v) is 7.20. The van der Waals surface area contributed by atoms with Gasteiger partial charge in [-0.3, -0.25) is 0 Å². The van der Waals surface area contributed by atoms with E-state index in [9.17, 15) is 8.42 Å². The average molecular weight is 360 g/mol. The minimum atomic E-state index is -3.56. The molecule has 1 aromatic rings. The molecule has 0 aromatic heterocycles. The zero-order valence-corrected chi connectivity index (χ0v) is 13.9. The van der Waals surface area contributed by atoms with Gasteiger partial charge in [-0.05, 0) is 50.0 Å². The lowest BCUT2D eigenvalue weighted by Crippen LogP contribution is -2.26. The Kier molecular flexibility index (Phi) is 7.04. The Balaban J connectivity index is 0.00000200. The number of hydrogen-bond acceptors (Lipinski definition) is 3. The maximum Gasteiger partial charge on any atom is 0.242 e. The van der Waals surface area contributed by atoms with Gasteiger partial charge < -0.3 is 5.32 Å². The molecule has 1 heterocycles. The van der Waals surface area contributed by atoms with E-state index in [1.54, 1.807) is 0 Å². The van der Waals surface area contributed by atoms with Gasteiger partial charge in [0.15, 0.2) is 0 Å². The Hall–Kier alpha value is -0.0400. The summed E-state index contributed by atoms with van der Waals surface area (Å²) in [4.78, 5) is 0.0723. The van der Waals surface area contributed by atoms with Gasteiger partial charge in [-0.25, -0.2) is 13.1 Å². The first-order chi connectivity index (χ1) is 8.99. The molecule has 4 nitrogen and oxygen atoms in total. The van der Waals surface area contributed by atoms with Crippen LogP contribution in [-0.2, 0) is 10.0 Å². The van der Waals surface area contributed by atoms with Crippen LogP contribution in [-0.4, -0.2) is 28.1 Å². The van der Waals surface area contributed by atoms with Crippen LogP contribution >= 0.6 is 35.6 Å². The molecule has 0 spiro atoms. The summed E-state index contributed by atoms with van der Waals surface area (Å²) in [7, 11) is -3.56. The molecule has 0 amide bonds. The molecule has 1 fully saturated rings. The SMILES string of the molecule is Cl.O=S(=O)(NCCC1CCNC1)c1ccc(Cl)cc1Cl. The second-order valence-electron chi connectivity index (χ2n) is 4.62. The summed E-state index contributed by atoms with van der Waals surface area (Å²) in [5.41, 5.74) is 0. The van der Waals surface area contributed by atoms with E-state index in [2.05, 4.69) is 10.0 Å². The van der Waals surface area contributed by atoms with E-state index < -0.39 is 10.0 Å². The van der Waals surface area contributed by atoms with E-state index in [0.717, 1.165) is 25.9 Å². The molecule has 1 aliphatic heterocycles. The monoisotopic (exact) mass is 358 g/mol. The van der Waals surface area contributed by atoms with Crippen molar-refractivity contribution in [2.75, 3.05) is 19.6 Å². The standard InChI is InChI=1S/C12H16Cl2N2O2S.ClH/c13-10-1-2-12(11(14)7-10)19(17,18)16-6-4-9-3-5-15-8-9;/h1-2,7,9,15-16H,3-6,8H2;1H. The van der Waals surface area contributed by atoms with Crippen molar-refractivity contribution in [3.63, 3.8) is 0 Å². The molecule has 114 valence electrons. The summed E-state index contributed by atoms with van der Waals surface area (Å²) in [6.07, 6.45) is 1.93. The highest BCUT2D eigenvalue weighted by molar-refractivity contribution is 7.89. The molecule has 1 saturated heterocycles. The number of hydrogen-bond donors (Lipinski definition) is 2. The summed E-state index contributed by atoms with van der Waals surface area (Å²) in [5.74, 6) is 0.545. The fourth-order valence-electron chi connectivity index (χ4n) is 2.13. The predicted octanol–water partition coefficient (Wildman–Crippen LogP) is 2.69. The van der Waals surface area contributed by atoms with Crippen LogP contribution in [0.4, 0.5) is 0 Å². The number of rotatable bonds is 5. The Morgan fingerprint density at radius 2 is 2.10 bits per heavy atom. The summed E-state index contributed by atoms with van der Waals surface area (Å²) in [6.45, 7) is 2.40. The highest BCUT2D eigenvalue weighted by atomic mass is 35.5. The maximum absolute atomic E-state index is 12.1. The van der Waals surface area contributed by atoms with Gasteiger partial charge >= 0.3 is 0 Å². The van der Waals surface area contributed by atoms with Crippen molar-refractivity contribution in [3.8, 4) is 0 Å². The second kappa shape index (κ2) is 7.82. The Labute approximate surface area is 135 Å². The van der Waals surface area contributed by atoms with Crippen LogP contribution in [0.3, 0.4) is 0 Å². The van der Waals surface area contributed by atoms with Gasteiger partial charge in [0.1, 0.15) is 4.90 Å². The first kappa shape index (κ1) is 18.0. The van der Waals surface area contributed by atoms with E-state index in [4.69, 9.17) is 23.2 Å². The molecule has 0 radical (unpaired) electrons. The van der Waals surface area contributed by atoms with Crippen molar-refractivity contribution < 1.29 is 8.42 Å². The molecule has 2 rings (SSSR count). The van der Waals surface area contributed by atoms with Gasteiger partial charge in [-0.1, -0.05) is 23.2 Å². The first-order valence-electron chi connectivity index (χ1n) is 6.14. The fourth-order valence-corrected chi connectivity index (χ4v) is 3.95. The number of halogens is 3. The van der Waals surface area contributed by atoms with E-state index >= 15 is 0 Å². The Bertz CT molecular complexity index is 546. The minimum Gasteiger partial charge on any atom is -0.316 e. The van der Waals surface area contributed by atoms with Crippen molar-refractivity contribution in [2.45, 2.75) is 17.7 Å². The summed E-state index contributed by atoms with van der Waals surface area (Å²) in [6, 6.07) is 4.37. The lowest BCUT2D eigenvalue weighted by Gasteiger charge is -2.11. The van der Waals surface area contributed by atoms with Gasteiger partial charge in [0.2, 0.25) is 10.0 Å². The van der Waals surface area contributed by atoms with Crippen LogP contribution < -0.4 is 10.0 Å². The van der Waals surface area contributed by atoms with E-state index in [0.29, 0.717) is 17.5 Å². The van der Waals surface area contributed by atoms with Crippen LogP contribution in [0.2, 0.25) is 10.0 Å². The summed E-state index contributed by atoms with van der Waals surface area (Å²) < 4.78 is 26.7. The third kappa shape index (κ3) is 4.76. The van der Waals surface area contributed by atoms with E-state index in [-0.39, 0.29) is 22.3 Å². The van der Waals surface area contributed by atoms with Crippen molar-refractivity contribution in [1.29, 1.82) is 0 Å². The number of benzene rings is 1. The quantitative estimate of drug-likeness (QED) is 0.850. The largest absolute Gasteiger partial charge is 0.316 e. The average Bonchev–Trinajstić information content (AvgIpc) is 2.81. The van der Waals surface area contributed by atoms with E-state index in [1.165, 1.54) is 18.2 Å². The zero-order chi connectivity index (χ0) is 13.9. The molecule has 0 bridgehead atoms. The third-order valence-corrected chi connectivity index (χ3v) is 5.37. The molecule has 1 aliphatic rings. The molecule has 1 atom stereocenters. The predicted molar refractivity (Wildman–Crippen MR) is 84.5 cm³/mol. The van der Waals surface area contributed by atoms with Gasteiger partial charge in [0.25, 0.3) is 0 Å². The molecule has 0 saturated carbocycles. The van der Waals surface area contributed by atoms with Crippen molar-refractivity contribution in [2.24, 2.45) is 5.92 Å². The van der Waals surface area contributed by atoms with Crippen LogP contribution in [0.15, 0.2) is 23.1 Å². The van der Waals surface area contributed by atoms with Crippen LogP contribution in [0.1, 0.15) is 12.8 Å². The van der Waals surface area contributed by atoms with Gasteiger partial charge in [-0.15, -0.1) is 12.4 Å². The Morgan fingerprint density at radius 1 is 1.35 bits per heavy atom. The molecule has 1 unspecified atom stereocenters. The zero-order valence-electron chi connectivity index (χ0n) is 10.7. The minimum absolute atomic E-state index is 0. The van der Waals surface area contributed by atoms with Crippen molar-refractivity contribution >= 4 is 45.6 Å². The fraction of sp³-hybridized carbons (Fsp3) is 0.500. The molecule has 2 N–H and O–H groups in total. The van der Waals surface area contributed by atoms with Crippen LogP contribution in [0, 0.1) is 5.92 Å². The maximum atomic E-state index is 12.1. The molecular formula is C12H17Cl3N2O2S. The van der Waals surface area contributed by atoms with Gasteiger partial charge in [0.05, 0.1) is 5.02 Å². The van der Waals surface area contributed by atoms with Gasteiger partial charge in [-0.2, -0.15) is 0 Å². The highest BCUT2D eigenvalue weighted by Gasteiger charge is 2.19. The molecule has 1 aromatic carbocycles. The highest BCUT2D eigenvalue weighted by Crippen LogP contribution is 2.24. The van der Waals surface area contributed by atoms with Crippen LogP contribution in [0.25, 0.3) is 0 Å². The van der Waals surface area contributed by atoms with Crippen LogP contribution in [0.5, 0.6) is 0 Å². The molecule has 20 heavy (non-hydrogen) atoms. The summed E-state index contributed by atoms with van der Waals surface area (Å²) in [5, 5.41) is 3.81. The molecule has 0 aliphatic carbocycles. The normalized spacial score (nSPS) is 18.8. The lowest BCUT2D eigenvalue weighted by molar-refractivity contribution is 0.519. The molecular weight excluding hydrogens is 343 g/mol. The number of nitrogens with one attached hydrogen (secondary N) is 2. The Morgan fingerprint density at radius 3 is 2.70 bits per heavy atom. The topological polar surface area (TPSA) is 58.2 Å². The van der Waals surface area contributed by atoms with E-state index in [1.807, 2.05) is 0 Å². The molecule has 8 heteroatoms. The lowest BCUT2D eigenvalue weighted by atomic mass is 10.1. The van der Waals surface area contributed by atoms with Crippen molar-refractivity contribution in [3.05, 3.63) is 28.2 Å².